The fourth-order valence-electron chi connectivity index (χ4n) is 1.03. The molecule has 0 aliphatic carbocycles. The van der Waals surface area contributed by atoms with Gasteiger partial charge in [-0.2, -0.15) is 4.98 Å². The van der Waals surface area contributed by atoms with Crippen molar-refractivity contribution in [3.8, 4) is 0 Å². The summed E-state index contributed by atoms with van der Waals surface area (Å²) < 4.78 is 4.79. The molecule has 0 radical (unpaired) electrons. The van der Waals surface area contributed by atoms with Gasteiger partial charge in [0.1, 0.15) is 0 Å². The standard InChI is InChI=1S/C10H16N4O3/c1-6(2)4-11-9(15)10(16)12-5-8-13-7(3)14-17-8/h6H,4-5H2,1-3H3,(H,11,15)(H,12,16). The highest BCUT2D eigenvalue weighted by molar-refractivity contribution is 6.35. The minimum atomic E-state index is -0.707. The van der Waals surface area contributed by atoms with Crippen LogP contribution in [0.3, 0.4) is 0 Å². The van der Waals surface area contributed by atoms with Gasteiger partial charge in [-0.1, -0.05) is 19.0 Å². The Morgan fingerprint density at radius 3 is 2.47 bits per heavy atom. The molecule has 1 aromatic rings. The molecule has 0 atom stereocenters. The topological polar surface area (TPSA) is 97.1 Å². The Balaban J connectivity index is 2.31. The van der Waals surface area contributed by atoms with Crippen LogP contribution in [-0.4, -0.2) is 28.5 Å². The van der Waals surface area contributed by atoms with Crippen molar-refractivity contribution in [1.82, 2.24) is 20.8 Å². The van der Waals surface area contributed by atoms with Crippen molar-refractivity contribution in [1.29, 1.82) is 0 Å². The molecule has 2 N–H and O–H groups in total. The van der Waals surface area contributed by atoms with Crippen LogP contribution in [0.2, 0.25) is 0 Å². The van der Waals surface area contributed by atoms with Crippen LogP contribution < -0.4 is 10.6 Å². The van der Waals surface area contributed by atoms with Crippen molar-refractivity contribution in [2.45, 2.75) is 27.3 Å². The van der Waals surface area contributed by atoms with Crippen LogP contribution in [0.4, 0.5) is 0 Å². The van der Waals surface area contributed by atoms with E-state index < -0.39 is 11.8 Å². The molecule has 7 nitrogen and oxygen atoms in total. The highest BCUT2D eigenvalue weighted by Gasteiger charge is 2.14. The van der Waals surface area contributed by atoms with E-state index in [0.717, 1.165) is 0 Å². The number of nitrogens with one attached hydrogen (secondary N) is 2. The van der Waals surface area contributed by atoms with E-state index in [0.29, 0.717) is 18.3 Å². The second-order valence-corrected chi connectivity index (χ2v) is 4.02. The van der Waals surface area contributed by atoms with Crippen molar-refractivity contribution >= 4 is 11.8 Å². The maximum atomic E-state index is 11.3. The lowest BCUT2D eigenvalue weighted by molar-refractivity contribution is -0.139. The second-order valence-electron chi connectivity index (χ2n) is 4.02. The number of carbonyl (C=O) groups is 2. The van der Waals surface area contributed by atoms with Gasteiger partial charge < -0.3 is 15.2 Å². The predicted molar refractivity (Wildman–Crippen MR) is 58.7 cm³/mol. The van der Waals surface area contributed by atoms with Gasteiger partial charge in [-0.25, -0.2) is 0 Å². The number of nitrogens with zero attached hydrogens (tertiary/aromatic N) is 2. The molecule has 0 aliphatic rings. The molecule has 0 bridgehead atoms. The van der Waals surface area contributed by atoms with Gasteiger partial charge in [-0.05, 0) is 12.8 Å². The summed E-state index contributed by atoms with van der Waals surface area (Å²) in [7, 11) is 0. The Hall–Kier alpha value is -1.92. The number of aryl methyl sites for hydroxylation is 1. The molecular weight excluding hydrogens is 224 g/mol. The first kappa shape index (κ1) is 13.1. The fraction of sp³-hybridized carbons (Fsp3) is 0.600. The Bertz CT molecular complexity index is 400. The number of carbonyl (C=O) groups excluding carboxylic acids is 2. The Labute approximate surface area is 99.0 Å². The maximum absolute atomic E-state index is 11.3. The Kier molecular flexibility index (Phi) is 4.62. The molecule has 94 valence electrons. The van der Waals surface area contributed by atoms with Crippen LogP contribution >= 0.6 is 0 Å². The van der Waals surface area contributed by atoms with Crippen molar-refractivity contribution in [3.63, 3.8) is 0 Å². The SMILES string of the molecule is Cc1noc(CNC(=O)C(=O)NCC(C)C)n1. The van der Waals surface area contributed by atoms with E-state index in [-0.39, 0.29) is 12.4 Å². The quantitative estimate of drug-likeness (QED) is 0.708. The minimum absolute atomic E-state index is 0.0504. The molecule has 1 aromatic heterocycles. The molecule has 0 saturated heterocycles. The number of hydrogen-bond donors (Lipinski definition) is 2. The Morgan fingerprint density at radius 2 is 1.94 bits per heavy atom. The molecule has 17 heavy (non-hydrogen) atoms. The van der Waals surface area contributed by atoms with E-state index in [1.165, 1.54) is 0 Å². The third kappa shape index (κ3) is 4.62. The lowest BCUT2D eigenvalue weighted by Gasteiger charge is -2.06. The summed E-state index contributed by atoms with van der Waals surface area (Å²) in [5, 5.41) is 8.46. The zero-order chi connectivity index (χ0) is 12.8. The number of hydrogen-bond acceptors (Lipinski definition) is 5. The van der Waals surface area contributed by atoms with Crippen molar-refractivity contribution < 1.29 is 14.1 Å². The first-order chi connectivity index (χ1) is 7.99. The second kappa shape index (κ2) is 5.97. The van der Waals surface area contributed by atoms with Gasteiger partial charge in [-0.3, -0.25) is 9.59 Å². The molecular formula is C10H16N4O3. The van der Waals surface area contributed by atoms with Gasteiger partial charge in [0.05, 0.1) is 6.54 Å². The molecule has 7 heteroatoms. The summed E-state index contributed by atoms with van der Waals surface area (Å²) in [5.41, 5.74) is 0. The highest BCUT2D eigenvalue weighted by Crippen LogP contribution is 1.94. The van der Waals surface area contributed by atoms with Gasteiger partial charge >= 0.3 is 11.8 Å². The highest BCUT2D eigenvalue weighted by atomic mass is 16.5. The monoisotopic (exact) mass is 240 g/mol. The summed E-state index contributed by atoms with van der Waals surface area (Å²) in [6.07, 6.45) is 0. The molecule has 0 saturated carbocycles. The van der Waals surface area contributed by atoms with Crippen LogP contribution in [0.15, 0.2) is 4.52 Å². The third-order valence-electron chi connectivity index (χ3n) is 1.85. The van der Waals surface area contributed by atoms with E-state index in [4.69, 9.17) is 4.52 Å². The largest absolute Gasteiger partial charge is 0.348 e. The lowest BCUT2D eigenvalue weighted by Crippen LogP contribution is -2.40. The van der Waals surface area contributed by atoms with Gasteiger partial charge in [0.15, 0.2) is 5.82 Å². The minimum Gasteiger partial charge on any atom is -0.348 e. The first-order valence-corrected chi connectivity index (χ1v) is 5.34. The molecule has 1 rings (SSSR count). The van der Waals surface area contributed by atoms with E-state index in [1.54, 1.807) is 6.92 Å². The average molecular weight is 240 g/mol. The van der Waals surface area contributed by atoms with E-state index in [2.05, 4.69) is 20.8 Å². The van der Waals surface area contributed by atoms with Gasteiger partial charge in [-0.15, -0.1) is 0 Å². The third-order valence-corrected chi connectivity index (χ3v) is 1.85. The van der Waals surface area contributed by atoms with Gasteiger partial charge in [0.2, 0.25) is 5.89 Å². The molecule has 0 aromatic carbocycles. The van der Waals surface area contributed by atoms with Crippen LogP contribution in [0, 0.1) is 12.8 Å². The Morgan fingerprint density at radius 1 is 1.29 bits per heavy atom. The molecule has 2 amide bonds. The van der Waals surface area contributed by atoms with Crippen molar-refractivity contribution in [2.24, 2.45) is 5.92 Å². The number of amides is 2. The average Bonchev–Trinajstić information content (AvgIpc) is 2.68. The van der Waals surface area contributed by atoms with E-state index in [1.807, 2.05) is 13.8 Å². The zero-order valence-corrected chi connectivity index (χ0v) is 10.1. The molecule has 0 spiro atoms. The smallest absolute Gasteiger partial charge is 0.309 e. The van der Waals surface area contributed by atoms with Crippen LogP contribution in [0.5, 0.6) is 0 Å². The molecule has 0 unspecified atom stereocenters. The van der Waals surface area contributed by atoms with Crippen LogP contribution in [0.25, 0.3) is 0 Å². The predicted octanol–water partition coefficient (Wildman–Crippen LogP) is -0.234. The van der Waals surface area contributed by atoms with Gasteiger partial charge in [0.25, 0.3) is 0 Å². The van der Waals surface area contributed by atoms with Gasteiger partial charge in [0, 0.05) is 6.54 Å². The zero-order valence-electron chi connectivity index (χ0n) is 10.1. The summed E-state index contributed by atoms with van der Waals surface area (Å²) in [6, 6.07) is 0. The molecule has 0 aliphatic heterocycles. The van der Waals surface area contributed by atoms with Crippen molar-refractivity contribution in [2.75, 3.05) is 6.54 Å². The van der Waals surface area contributed by atoms with E-state index >= 15 is 0 Å². The normalized spacial score (nSPS) is 10.4. The lowest BCUT2D eigenvalue weighted by atomic mass is 10.2. The van der Waals surface area contributed by atoms with Crippen LogP contribution in [0.1, 0.15) is 25.6 Å². The summed E-state index contributed by atoms with van der Waals surface area (Å²) in [4.78, 5) is 26.5. The first-order valence-electron chi connectivity index (χ1n) is 5.34. The fourth-order valence-corrected chi connectivity index (χ4v) is 1.03. The summed E-state index contributed by atoms with van der Waals surface area (Å²) >= 11 is 0. The summed E-state index contributed by atoms with van der Waals surface area (Å²) in [5.74, 6) is -0.312. The molecule has 1 heterocycles. The van der Waals surface area contributed by atoms with Crippen molar-refractivity contribution in [3.05, 3.63) is 11.7 Å². The van der Waals surface area contributed by atoms with E-state index in [9.17, 15) is 9.59 Å². The summed E-state index contributed by atoms with van der Waals surface area (Å²) in [6.45, 7) is 6.07. The maximum Gasteiger partial charge on any atom is 0.309 e. The number of rotatable bonds is 4. The molecule has 0 fully saturated rings. The number of aromatic nitrogens is 2. The van der Waals surface area contributed by atoms with Crippen LogP contribution in [-0.2, 0) is 16.1 Å².